The number of hydrogen-bond donors (Lipinski definition) is 2. The van der Waals surface area contributed by atoms with Crippen molar-refractivity contribution in [1.82, 2.24) is 15.1 Å². The lowest BCUT2D eigenvalue weighted by Crippen LogP contribution is -2.36. The van der Waals surface area contributed by atoms with Crippen LogP contribution in [0.4, 0.5) is 5.69 Å². The number of carbonyl (C=O) groups excluding carboxylic acids is 1. The number of amides is 1. The van der Waals surface area contributed by atoms with Crippen LogP contribution in [-0.2, 0) is 13.1 Å². The van der Waals surface area contributed by atoms with Crippen LogP contribution in [0.1, 0.15) is 35.0 Å². The number of rotatable bonds is 6. The minimum absolute atomic E-state index is 0.297. The molecule has 9 heteroatoms. The van der Waals surface area contributed by atoms with E-state index in [1.54, 1.807) is 24.3 Å². The van der Waals surface area contributed by atoms with Gasteiger partial charge >= 0.3 is 0 Å². The maximum Gasteiger partial charge on any atom is 0.257 e. The van der Waals surface area contributed by atoms with E-state index in [0.717, 1.165) is 24.2 Å². The minimum atomic E-state index is -0.297. The molecule has 2 aromatic carbocycles. The quantitative estimate of drug-likeness (QED) is 0.413. The fourth-order valence-corrected chi connectivity index (χ4v) is 3.50. The van der Waals surface area contributed by atoms with Crippen LogP contribution in [0.15, 0.2) is 53.7 Å². The lowest BCUT2D eigenvalue weighted by atomic mass is 10.2. The van der Waals surface area contributed by atoms with Crippen molar-refractivity contribution in [2.24, 2.45) is 4.99 Å². The molecule has 1 aliphatic heterocycles. The van der Waals surface area contributed by atoms with Crippen LogP contribution < -0.4 is 20.1 Å². The number of halogens is 1. The summed E-state index contributed by atoms with van der Waals surface area (Å²) in [6, 6.07) is 12.2. The number of aromatic nitrogens is 2. The maximum atomic E-state index is 12.8. The van der Waals surface area contributed by atoms with E-state index in [9.17, 15) is 4.79 Å². The minimum Gasteiger partial charge on any atom is -0.486 e. The summed E-state index contributed by atoms with van der Waals surface area (Å²) in [5, 5.41) is 11.1. The fraction of sp³-hybridized carbons (Fsp3) is 0.292. The summed E-state index contributed by atoms with van der Waals surface area (Å²) in [7, 11) is 0. The van der Waals surface area contributed by atoms with Gasteiger partial charge in [-0.05, 0) is 49.7 Å². The second-order valence-electron chi connectivity index (χ2n) is 7.61. The highest BCUT2D eigenvalue weighted by Crippen LogP contribution is 2.32. The van der Waals surface area contributed by atoms with Crippen molar-refractivity contribution < 1.29 is 14.3 Å². The summed E-state index contributed by atoms with van der Waals surface area (Å²) in [5.74, 6) is 1.35. The van der Waals surface area contributed by atoms with E-state index >= 15 is 0 Å². The SMILES string of the molecule is CCCn1cc(CN=C(NC(=O)c2ccc(Cl)cc2)Nc2ccc3c(c2)OCCO3)c(C)n1. The molecule has 0 fully saturated rings. The molecule has 8 nitrogen and oxygen atoms in total. The fourth-order valence-electron chi connectivity index (χ4n) is 3.37. The highest BCUT2D eigenvalue weighted by Gasteiger charge is 2.14. The molecule has 0 aliphatic carbocycles. The lowest BCUT2D eigenvalue weighted by molar-refractivity contribution is 0.0977. The summed E-state index contributed by atoms with van der Waals surface area (Å²) in [5.41, 5.74) is 3.09. The first-order valence-corrected chi connectivity index (χ1v) is 11.2. The molecule has 0 unspecified atom stereocenters. The predicted molar refractivity (Wildman–Crippen MR) is 128 cm³/mol. The summed E-state index contributed by atoms with van der Waals surface area (Å²) >= 11 is 5.95. The van der Waals surface area contributed by atoms with Gasteiger partial charge in [0.1, 0.15) is 13.2 Å². The van der Waals surface area contributed by atoms with Crippen LogP contribution in [0.25, 0.3) is 0 Å². The molecule has 1 amide bonds. The zero-order valence-electron chi connectivity index (χ0n) is 18.6. The monoisotopic (exact) mass is 467 g/mol. The number of anilines is 1. The lowest BCUT2D eigenvalue weighted by Gasteiger charge is -2.19. The van der Waals surface area contributed by atoms with Crippen molar-refractivity contribution >= 4 is 29.2 Å². The summed E-state index contributed by atoms with van der Waals surface area (Å²) in [4.78, 5) is 17.5. The van der Waals surface area contributed by atoms with Gasteiger partial charge in [0.25, 0.3) is 5.91 Å². The van der Waals surface area contributed by atoms with Gasteiger partial charge in [0.15, 0.2) is 11.5 Å². The van der Waals surface area contributed by atoms with E-state index in [0.29, 0.717) is 53.5 Å². The molecule has 2 heterocycles. The van der Waals surface area contributed by atoms with Gasteiger partial charge in [0.05, 0.1) is 12.2 Å². The van der Waals surface area contributed by atoms with Gasteiger partial charge in [-0.3, -0.25) is 14.8 Å². The van der Waals surface area contributed by atoms with Crippen LogP contribution >= 0.6 is 11.6 Å². The molecule has 172 valence electrons. The number of benzene rings is 2. The first-order chi connectivity index (χ1) is 16.0. The van der Waals surface area contributed by atoms with Gasteiger partial charge in [-0.1, -0.05) is 18.5 Å². The Morgan fingerprint density at radius 3 is 2.67 bits per heavy atom. The Morgan fingerprint density at radius 2 is 1.91 bits per heavy atom. The molecule has 0 saturated heterocycles. The zero-order chi connectivity index (χ0) is 23.2. The van der Waals surface area contributed by atoms with Crippen LogP contribution in [0, 0.1) is 6.92 Å². The van der Waals surface area contributed by atoms with Gasteiger partial charge in [-0.15, -0.1) is 0 Å². The second-order valence-corrected chi connectivity index (χ2v) is 8.05. The number of aliphatic imine (C=N–C) groups is 1. The topological polar surface area (TPSA) is 89.8 Å². The van der Waals surface area contributed by atoms with Gasteiger partial charge < -0.3 is 14.8 Å². The molecule has 2 N–H and O–H groups in total. The third kappa shape index (κ3) is 5.84. The number of ether oxygens (including phenoxy) is 2. The normalized spacial score (nSPS) is 13.0. The molecule has 0 spiro atoms. The Morgan fingerprint density at radius 1 is 1.15 bits per heavy atom. The molecule has 3 aromatic rings. The highest BCUT2D eigenvalue weighted by molar-refractivity contribution is 6.30. The third-order valence-electron chi connectivity index (χ3n) is 5.05. The molecule has 4 rings (SSSR count). The van der Waals surface area contributed by atoms with Crippen molar-refractivity contribution in [3.05, 3.63) is 70.5 Å². The standard InChI is InChI=1S/C24H26ClN5O3/c1-3-10-30-15-18(16(2)29-30)14-26-24(28-23(31)17-4-6-19(25)7-5-17)27-20-8-9-21-22(13-20)33-12-11-32-21/h4-9,13,15H,3,10-12,14H2,1-2H3,(H2,26,27,28,31). The number of fused-ring (bicyclic) bond motifs is 1. The van der Waals surface area contributed by atoms with E-state index in [1.165, 1.54) is 0 Å². The smallest absolute Gasteiger partial charge is 0.257 e. The Labute approximate surface area is 197 Å². The Balaban J connectivity index is 1.56. The van der Waals surface area contributed by atoms with Crippen molar-refractivity contribution in [3.8, 4) is 11.5 Å². The third-order valence-corrected chi connectivity index (χ3v) is 5.30. The summed E-state index contributed by atoms with van der Waals surface area (Å²) in [6.07, 6.45) is 2.99. The maximum absolute atomic E-state index is 12.8. The number of nitrogens with zero attached hydrogens (tertiary/aromatic N) is 3. The second kappa shape index (κ2) is 10.4. The largest absolute Gasteiger partial charge is 0.486 e. The molecular weight excluding hydrogens is 442 g/mol. The van der Waals surface area contributed by atoms with E-state index in [4.69, 9.17) is 21.1 Å². The van der Waals surface area contributed by atoms with Crippen molar-refractivity contribution in [1.29, 1.82) is 0 Å². The predicted octanol–water partition coefficient (Wildman–Crippen LogP) is 4.42. The van der Waals surface area contributed by atoms with Gasteiger partial charge in [-0.2, -0.15) is 5.10 Å². The first kappa shape index (κ1) is 22.7. The van der Waals surface area contributed by atoms with Crippen LogP contribution in [-0.4, -0.2) is 34.9 Å². The van der Waals surface area contributed by atoms with Crippen molar-refractivity contribution in [3.63, 3.8) is 0 Å². The molecule has 1 aliphatic rings. The van der Waals surface area contributed by atoms with Gasteiger partial charge in [0.2, 0.25) is 5.96 Å². The van der Waals surface area contributed by atoms with Gasteiger partial charge in [0, 0.05) is 40.6 Å². The van der Waals surface area contributed by atoms with Crippen LogP contribution in [0.3, 0.4) is 0 Å². The molecular formula is C24H26ClN5O3. The van der Waals surface area contributed by atoms with E-state index < -0.39 is 0 Å². The molecule has 0 bridgehead atoms. The van der Waals surface area contributed by atoms with E-state index in [2.05, 4.69) is 27.6 Å². The highest BCUT2D eigenvalue weighted by atomic mass is 35.5. The number of carbonyl (C=O) groups is 1. The number of hydrogen-bond acceptors (Lipinski definition) is 5. The van der Waals surface area contributed by atoms with Crippen LogP contribution in [0.2, 0.25) is 5.02 Å². The Bertz CT molecular complexity index is 1160. The number of aryl methyl sites for hydroxylation is 2. The van der Waals surface area contributed by atoms with E-state index in [1.807, 2.05) is 36.0 Å². The average molecular weight is 468 g/mol. The van der Waals surface area contributed by atoms with Gasteiger partial charge in [-0.25, -0.2) is 4.99 Å². The summed E-state index contributed by atoms with van der Waals surface area (Å²) < 4.78 is 13.2. The first-order valence-electron chi connectivity index (χ1n) is 10.8. The summed E-state index contributed by atoms with van der Waals surface area (Å²) in [6.45, 7) is 6.29. The van der Waals surface area contributed by atoms with Crippen LogP contribution in [0.5, 0.6) is 11.5 Å². The zero-order valence-corrected chi connectivity index (χ0v) is 19.4. The average Bonchev–Trinajstić information content (AvgIpc) is 3.17. The van der Waals surface area contributed by atoms with Crippen molar-refractivity contribution in [2.45, 2.75) is 33.4 Å². The number of guanidine groups is 1. The molecule has 0 radical (unpaired) electrons. The van der Waals surface area contributed by atoms with Crippen molar-refractivity contribution in [2.75, 3.05) is 18.5 Å². The molecule has 33 heavy (non-hydrogen) atoms. The molecule has 1 aromatic heterocycles. The molecule has 0 saturated carbocycles. The van der Waals surface area contributed by atoms with E-state index in [-0.39, 0.29) is 5.91 Å². The molecule has 0 atom stereocenters. The number of nitrogens with one attached hydrogen (secondary N) is 2. The Hall–Kier alpha value is -3.52. The Kier molecular flexibility index (Phi) is 7.14.